The number of carbonyl (C=O) groups is 1. The maximum atomic E-state index is 12.4. The number of nitriles is 1. The standard InChI is InChI=1S/C19H17Cl2N3O4/c20-15-4-3-12(8-16(15)21)17-14(11-24(19(26)27)6-7-28-17)10-23-5-1-2-13(9-22)18(23)25/h1-5,8,14,17H,6-7,10-11H2,(H,26,27)/t14-,17-/m0/s1. The first-order valence-electron chi connectivity index (χ1n) is 8.54. The highest BCUT2D eigenvalue weighted by Crippen LogP contribution is 2.34. The van der Waals surface area contributed by atoms with Crippen LogP contribution in [0.5, 0.6) is 0 Å². The van der Waals surface area contributed by atoms with Crippen LogP contribution in [0.15, 0.2) is 41.3 Å². The number of amides is 1. The van der Waals surface area contributed by atoms with Crippen molar-refractivity contribution in [2.75, 3.05) is 19.7 Å². The molecule has 1 saturated heterocycles. The Morgan fingerprint density at radius 3 is 2.79 bits per heavy atom. The average Bonchev–Trinajstić information content (AvgIpc) is 2.88. The van der Waals surface area contributed by atoms with Crippen molar-refractivity contribution >= 4 is 29.3 Å². The molecular formula is C19H17Cl2N3O4. The summed E-state index contributed by atoms with van der Waals surface area (Å²) in [6.45, 7) is 0.782. The summed E-state index contributed by atoms with van der Waals surface area (Å²) in [5.41, 5.74) is 0.346. The highest BCUT2D eigenvalue weighted by atomic mass is 35.5. The minimum absolute atomic E-state index is 0.0261. The van der Waals surface area contributed by atoms with Crippen LogP contribution in [-0.4, -0.2) is 40.4 Å². The van der Waals surface area contributed by atoms with Gasteiger partial charge in [-0.05, 0) is 29.8 Å². The molecule has 0 saturated carbocycles. The number of carboxylic acid groups (broad SMARTS) is 1. The largest absolute Gasteiger partial charge is 0.465 e. The number of ether oxygens (including phenoxy) is 1. The van der Waals surface area contributed by atoms with Crippen molar-refractivity contribution in [3.8, 4) is 6.07 Å². The SMILES string of the molecule is N#Cc1cccn(C[C@H]2CN(C(=O)O)CCO[C@H]2c2ccc(Cl)c(Cl)c2)c1=O. The number of rotatable bonds is 3. The first-order valence-corrected chi connectivity index (χ1v) is 9.30. The van der Waals surface area contributed by atoms with E-state index in [2.05, 4.69) is 0 Å². The number of hydrogen-bond acceptors (Lipinski definition) is 4. The summed E-state index contributed by atoms with van der Waals surface area (Å²) >= 11 is 12.1. The summed E-state index contributed by atoms with van der Waals surface area (Å²) in [5, 5.41) is 19.3. The van der Waals surface area contributed by atoms with Crippen LogP contribution < -0.4 is 5.56 Å². The highest BCUT2D eigenvalue weighted by molar-refractivity contribution is 6.42. The molecule has 1 aromatic heterocycles. The third-order valence-corrected chi connectivity index (χ3v) is 5.40. The topological polar surface area (TPSA) is 95.6 Å². The van der Waals surface area contributed by atoms with E-state index in [0.717, 1.165) is 5.56 Å². The normalized spacial score (nSPS) is 19.7. The summed E-state index contributed by atoms with van der Waals surface area (Å²) in [7, 11) is 0. The van der Waals surface area contributed by atoms with Crippen LogP contribution in [0.25, 0.3) is 0 Å². The third-order valence-electron chi connectivity index (χ3n) is 4.66. The van der Waals surface area contributed by atoms with E-state index in [9.17, 15) is 14.7 Å². The molecule has 1 amide bonds. The number of hydrogen-bond donors (Lipinski definition) is 1. The van der Waals surface area contributed by atoms with Crippen molar-refractivity contribution in [3.05, 3.63) is 68.1 Å². The second-order valence-corrected chi connectivity index (χ2v) is 7.26. The monoisotopic (exact) mass is 421 g/mol. The van der Waals surface area contributed by atoms with Gasteiger partial charge in [-0.2, -0.15) is 5.26 Å². The molecule has 28 heavy (non-hydrogen) atoms. The van der Waals surface area contributed by atoms with Crippen molar-refractivity contribution in [3.63, 3.8) is 0 Å². The Morgan fingerprint density at radius 2 is 2.11 bits per heavy atom. The van der Waals surface area contributed by atoms with Gasteiger partial charge in [-0.3, -0.25) is 4.79 Å². The summed E-state index contributed by atoms with van der Waals surface area (Å²) < 4.78 is 7.36. The van der Waals surface area contributed by atoms with Crippen LogP contribution in [0.4, 0.5) is 4.79 Å². The lowest BCUT2D eigenvalue weighted by atomic mass is 9.94. The Hall–Kier alpha value is -2.53. The first kappa shape index (κ1) is 20.2. The lowest BCUT2D eigenvalue weighted by Gasteiger charge is -2.27. The van der Waals surface area contributed by atoms with Gasteiger partial charge >= 0.3 is 6.09 Å². The third kappa shape index (κ3) is 4.30. The Labute approximate surface area is 171 Å². The predicted octanol–water partition coefficient (Wildman–Crippen LogP) is 3.39. The highest BCUT2D eigenvalue weighted by Gasteiger charge is 2.32. The number of aromatic nitrogens is 1. The van der Waals surface area contributed by atoms with Crippen LogP contribution in [0.2, 0.25) is 10.0 Å². The minimum Gasteiger partial charge on any atom is -0.465 e. The van der Waals surface area contributed by atoms with Gasteiger partial charge in [0.15, 0.2) is 0 Å². The van der Waals surface area contributed by atoms with E-state index in [1.807, 2.05) is 6.07 Å². The van der Waals surface area contributed by atoms with Gasteiger partial charge in [-0.15, -0.1) is 0 Å². The van der Waals surface area contributed by atoms with E-state index in [-0.39, 0.29) is 37.7 Å². The van der Waals surface area contributed by atoms with Gasteiger partial charge in [0.1, 0.15) is 11.6 Å². The van der Waals surface area contributed by atoms with Crippen molar-refractivity contribution in [1.82, 2.24) is 9.47 Å². The Bertz CT molecular complexity index is 986. The lowest BCUT2D eigenvalue weighted by Crippen LogP contribution is -2.37. The van der Waals surface area contributed by atoms with Gasteiger partial charge in [0.2, 0.25) is 0 Å². The second kappa shape index (κ2) is 8.65. The number of pyridine rings is 1. The van der Waals surface area contributed by atoms with Crippen LogP contribution >= 0.6 is 23.2 Å². The molecule has 1 aromatic carbocycles. The van der Waals surface area contributed by atoms with E-state index in [4.69, 9.17) is 33.2 Å². The number of nitrogens with zero attached hydrogens (tertiary/aromatic N) is 3. The van der Waals surface area contributed by atoms with E-state index in [1.165, 1.54) is 15.5 Å². The Morgan fingerprint density at radius 1 is 1.32 bits per heavy atom. The smallest absolute Gasteiger partial charge is 0.407 e. The molecule has 2 aromatic rings. The van der Waals surface area contributed by atoms with Crippen LogP contribution in [0.1, 0.15) is 17.2 Å². The number of halogens is 2. The fraction of sp³-hybridized carbons (Fsp3) is 0.316. The Kier molecular flexibility index (Phi) is 6.25. The predicted molar refractivity (Wildman–Crippen MR) is 104 cm³/mol. The van der Waals surface area contributed by atoms with Crippen LogP contribution in [0.3, 0.4) is 0 Å². The fourth-order valence-corrected chi connectivity index (χ4v) is 3.61. The van der Waals surface area contributed by atoms with Gasteiger partial charge in [0, 0.05) is 31.7 Å². The molecule has 1 N–H and O–H groups in total. The summed E-state index contributed by atoms with van der Waals surface area (Å²) in [5.74, 6) is -0.373. The maximum Gasteiger partial charge on any atom is 0.407 e. The van der Waals surface area contributed by atoms with E-state index in [0.29, 0.717) is 10.0 Å². The zero-order valence-electron chi connectivity index (χ0n) is 14.7. The van der Waals surface area contributed by atoms with E-state index in [1.54, 1.807) is 30.5 Å². The quantitative estimate of drug-likeness (QED) is 0.818. The van der Waals surface area contributed by atoms with Crippen molar-refractivity contribution in [1.29, 1.82) is 5.26 Å². The van der Waals surface area contributed by atoms with Crippen molar-refractivity contribution in [2.45, 2.75) is 12.6 Å². The summed E-state index contributed by atoms with van der Waals surface area (Å²) in [4.78, 5) is 25.2. The molecule has 0 spiro atoms. The first-order chi connectivity index (χ1) is 13.4. The molecule has 2 atom stereocenters. The van der Waals surface area contributed by atoms with Crippen LogP contribution in [-0.2, 0) is 11.3 Å². The molecule has 0 bridgehead atoms. The average molecular weight is 422 g/mol. The fourth-order valence-electron chi connectivity index (χ4n) is 3.30. The zero-order valence-corrected chi connectivity index (χ0v) is 16.2. The van der Waals surface area contributed by atoms with E-state index >= 15 is 0 Å². The number of benzene rings is 1. The van der Waals surface area contributed by atoms with Gasteiger partial charge in [0.05, 0.1) is 22.8 Å². The van der Waals surface area contributed by atoms with E-state index < -0.39 is 17.8 Å². The lowest BCUT2D eigenvalue weighted by molar-refractivity contribution is 0.0250. The molecule has 1 aliphatic rings. The van der Waals surface area contributed by atoms with Gasteiger partial charge in [-0.1, -0.05) is 29.3 Å². The van der Waals surface area contributed by atoms with Crippen LogP contribution in [0, 0.1) is 17.2 Å². The minimum atomic E-state index is -1.05. The molecule has 3 rings (SSSR count). The van der Waals surface area contributed by atoms with Crippen molar-refractivity contribution < 1.29 is 14.6 Å². The summed E-state index contributed by atoms with van der Waals surface area (Å²) in [6.07, 6.45) is 0.0312. The second-order valence-electron chi connectivity index (χ2n) is 6.44. The molecule has 1 aliphatic heterocycles. The molecule has 0 aliphatic carbocycles. The Balaban J connectivity index is 1.99. The molecule has 7 nitrogen and oxygen atoms in total. The maximum absolute atomic E-state index is 12.4. The molecule has 9 heteroatoms. The van der Waals surface area contributed by atoms with Crippen molar-refractivity contribution in [2.24, 2.45) is 5.92 Å². The molecule has 0 unspecified atom stereocenters. The zero-order chi connectivity index (χ0) is 20.3. The van der Waals surface area contributed by atoms with Gasteiger partial charge in [0.25, 0.3) is 5.56 Å². The van der Waals surface area contributed by atoms with Gasteiger partial charge in [-0.25, -0.2) is 4.79 Å². The molecule has 0 radical (unpaired) electrons. The molecule has 2 heterocycles. The molecule has 1 fully saturated rings. The molecular weight excluding hydrogens is 405 g/mol. The summed E-state index contributed by atoms with van der Waals surface area (Å²) in [6, 6.07) is 10.0. The molecule has 146 valence electrons. The van der Waals surface area contributed by atoms with Gasteiger partial charge < -0.3 is 19.3 Å².